The van der Waals surface area contributed by atoms with Gasteiger partial charge in [-0.3, -0.25) is 19.2 Å². The summed E-state index contributed by atoms with van der Waals surface area (Å²) in [5.41, 5.74) is 27.4. The quantitative estimate of drug-likeness (QED) is 0.0708. The highest BCUT2D eigenvalue weighted by Gasteiger charge is 2.31. The fourth-order valence-corrected chi connectivity index (χ4v) is 11.2. The van der Waals surface area contributed by atoms with E-state index >= 15 is 0 Å². The van der Waals surface area contributed by atoms with E-state index in [4.69, 9.17) is 52.0 Å². The standard InChI is InChI=1S/C27H24ClN5O4S.C20H21N5O3S.C7H4Cl2O/c1-32(2)38(36,37)19-12-10-18(11-13-19)33-25-21(24(31-33)26(29)34)14-8-16-7-9-17(15-22(16)25)30-27(35)20-5-3-4-6-23(20)28;1-24(2)29(27,28)15-8-6-14(7-9-15)25-19-16(18(23-25)20(22)26)10-4-12-3-5-13(21)11-17(12)19;8-6-4-2-1-3-5(6)7(9)10/h3-7,9-13,15H,8,14H2,1-2H3,(H2,29,34)(H,30,35);3,5-9,11H,4,10,21H2,1-2H3,(H2,22,26);1-4H. The fourth-order valence-electron chi connectivity index (χ4n) is 8.75. The van der Waals surface area contributed by atoms with E-state index in [-0.39, 0.29) is 27.1 Å². The number of aryl methyl sites for hydroxylation is 2. The third kappa shape index (κ3) is 11.4. The monoisotopic (exact) mass is 1130 g/mol. The number of halogens is 3. The van der Waals surface area contributed by atoms with E-state index < -0.39 is 37.1 Å². The van der Waals surface area contributed by atoms with Crippen molar-refractivity contribution in [2.75, 3.05) is 39.2 Å². The second-order valence-corrected chi connectivity index (χ2v) is 23.4. The van der Waals surface area contributed by atoms with Crippen LogP contribution in [0.25, 0.3) is 33.9 Å². The normalized spacial score (nSPS) is 12.4. The molecule has 6 aromatic carbocycles. The van der Waals surface area contributed by atoms with Crippen LogP contribution in [0.5, 0.6) is 0 Å². The minimum atomic E-state index is -3.61. The summed E-state index contributed by atoms with van der Waals surface area (Å²) in [4.78, 5) is 48.0. The van der Waals surface area contributed by atoms with Crippen LogP contribution in [0.4, 0.5) is 11.4 Å². The highest BCUT2D eigenvalue weighted by molar-refractivity contribution is 7.89. The number of benzene rings is 6. The van der Waals surface area contributed by atoms with E-state index in [2.05, 4.69) is 15.5 Å². The summed E-state index contributed by atoms with van der Waals surface area (Å²) in [7, 11) is -1.27. The van der Waals surface area contributed by atoms with E-state index in [9.17, 15) is 36.0 Å². The zero-order valence-electron chi connectivity index (χ0n) is 41.7. The molecule has 396 valence electrons. The first-order valence-electron chi connectivity index (χ1n) is 23.4. The zero-order valence-corrected chi connectivity index (χ0v) is 45.6. The molecule has 0 radical (unpaired) electrons. The number of nitrogen functional groups attached to an aromatic ring is 1. The summed E-state index contributed by atoms with van der Waals surface area (Å²) in [6.45, 7) is 0. The van der Waals surface area contributed by atoms with Gasteiger partial charge in [-0.25, -0.2) is 34.8 Å². The first-order chi connectivity index (χ1) is 36.5. The van der Waals surface area contributed by atoms with Gasteiger partial charge >= 0.3 is 0 Å². The molecular formula is C54H49Cl3N10O8S2. The molecule has 77 heavy (non-hydrogen) atoms. The van der Waals surface area contributed by atoms with Gasteiger partial charge in [0.2, 0.25) is 20.0 Å². The van der Waals surface area contributed by atoms with Gasteiger partial charge in [-0.05, 0) is 145 Å². The summed E-state index contributed by atoms with van der Waals surface area (Å²) in [5.74, 6) is -1.60. The van der Waals surface area contributed by atoms with Crippen molar-refractivity contribution >= 4 is 89.2 Å². The number of amides is 3. The Morgan fingerprint density at radius 3 is 1.38 bits per heavy atom. The number of carbonyl (C=O) groups is 4. The lowest BCUT2D eigenvalue weighted by atomic mass is 9.88. The Morgan fingerprint density at radius 1 is 0.558 bits per heavy atom. The second-order valence-electron chi connectivity index (χ2n) is 17.9. The van der Waals surface area contributed by atoms with Gasteiger partial charge in [-0.1, -0.05) is 59.6 Å². The summed E-state index contributed by atoms with van der Waals surface area (Å²) in [5, 5.41) is 12.1. The number of fused-ring (bicyclic) bond motifs is 6. The minimum Gasteiger partial charge on any atom is -0.399 e. The molecule has 2 aliphatic rings. The van der Waals surface area contributed by atoms with Crippen molar-refractivity contribution in [1.82, 2.24) is 28.2 Å². The van der Waals surface area contributed by atoms with Crippen LogP contribution in [0.1, 0.15) is 63.9 Å². The molecule has 0 fully saturated rings. The first-order valence-corrected chi connectivity index (χ1v) is 27.4. The molecule has 3 amide bonds. The lowest BCUT2D eigenvalue weighted by Gasteiger charge is -2.20. The molecular weight excluding hydrogens is 1090 g/mol. The zero-order chi connectivity index (χ0) is 55.7. The number of anilines is 2. The molecule has 7 N–H and O–H groups in total. The molecule has 0 unspecified atom stereocenters. The Morgan fingerprint density at radius 2 is 0.974 bits per heavy atom. The van der Waals surface area contributed by atoms with Crippen molar-refractivity contribution in [1.29, 1.82) is 0 Å². The van der Waals surface area contributed by atoms with Crippen LogP contribution >= 0.6 is 34.8 Å². The van der Waals surface area contributed by atoms with Gasteiger partial charge in [-0.2, -0.15) is 10.2 Å². The van der Waals surface area contributed by atoms with Gasteiger partial charge in [0.05, 0.1) is 53.7 Å². The number of nitrogens with one attached hydrogen (secondary N) is 1. The fraction of sp³-hybridized carbons (Fsp3) is 0.148. The average molecular weight is 1140 g/mol. The third-order valence-electron chi connectivity index (χ3n) is 12.7. The topological polar surface area (TPSA) is 269 Å². The number of sulfonamides is 2. The van der Waals surface area contributed by atoms with Crippen LogP contribution in [0.3, 0.4) is 0 Å². The maximum Gasteiger partial charge on any atom is 0.269 e. The first kappa shape index (κ1) is 55.5. The molecule has 0 spiro atoms. The summed E-state index contributed by atoms with van der Waals surface area (Å²) in [6.07, 6.45) is 2.61. The molecule has 8 aromatic rings. The van der Waals surface area contributed by atoms with Crippen LogP contribution < -0.4 is 22.5 Å². The average Bonchev–Trinajstić information content (AvgIpc) is 4.06. The van der Waals surface area contributed by atoms with E-state index in [0.29, 0.717) is 74.4 Å². The van der Waals surface area contributed by atoms with Crippen molar-refractivity contribution in [2.45, 2.75) is 35.5 Å². The van der Waals surface area contributed by atoms with Gasteiger partial charge in [0.25, 0.3) is 23.0 Å². The van der Waals surface area contributed by atoms with E-state index in [1.54, 1.807) is 82.2 Å². The Kier molecular flexibility index (Phi) is 16.2. The van der Waals surface area contributed by atoms with Crippen LogP contribution in [0.2, 0.25) is 10.0 Å². The molecule has 2 heterocycles. The van der Waals surface area contributed by atoms with Crippen LogP contribution in [-0.2, 0) is 45.7 Å². The second kappa shape index (κ2) is 22.5. The highest BCUT2D eigenvalue weighted by atomic mass is 35.5. The van der Waals surface area contributed by atoms with E-state index in [1.165, 1.54) is 52.5 Å². The number of hydrogen-bond donors (Lipinski definition) is 4. The lowest BCUT2D eigenvalue weighted by Crippen LogP contribution is -2.22. The molecule has 18 nitrogen and oxygen atoms in total. The minimum absolute atomic E-state index is 0.132. The maximum atomic E-state index is 12.9. The van der Waals surface area contributed by atoms with Crippen LogP contribution in [0, 0.1) is 0 Å². The molecule has 0 bridgehead atoms. The SMILES string of the molecule is CN(C)S(=O)(=O)c1ccc(-n2nc(C(N)=O)c3c2-c2cc(N)ccc2CC3)cc1.CN(C)S(=O)(=O)c1ccc(-n2nc(C(N)=O)c3c2-c2cc(NC(=O)c4ccccc4Cl)ccc2CC3)cc1.O=C(Cl)c1ccccc1Cl. The molecule has 23 heteroatoms. The molecule has 0 saturated carbocycles. The van der Waals surface area contributed by atoms with Gasteiger partial charge in [0.1, 0.15) is 0 Å². The maximum absolute atomic E-state index is 12.9. The number of primary amides is 2. The number of aromatic nitrogens is 4. The van der Waals surface area contributed by atoms with Crippen molar-refractivity contribution in [2.24, 2.45) is 11.5 Å². The molecule has 10 rings (SSSR count). The third-order valence-corrected chi connectivity index (χ3v) is 17.2. The number of hydrogen-bond acceptors (Lipinski definition) is 11. The van der Waals surface area contributed by atoms with E-state index in [0.717, 1.165) is 48.5 Å². The van der Waals surface area contributed by atoms with Crippen molar-refractivity contribution in [3.8, 4) is 33.9 Å². The summed E-state index contributed by atoms with van der Waals surface area (Å²) in [6, 6.07) is 37.3. The van der Waals surface area contributed by atoms with Gasteiger partial charge in [0, 0.05) is 61.8 Å². The van der Waals surface area contributed by atoms with Crippen molar-refractivity contribution < 1.29 is 36.0 Å². The van der Waals surface area contributed by atoms with E-state index in [1.807, 2.05) is 36.4 Å². The summed E-state index contributed by atoms with van der Waals surface area (Å²) < 4.78 is 55.2. The number of nitrogens with zero attached hydrogens (tertiary/aromatic N) is 6. The lowest BCUT2D eigenvalue weighted by molar-refractivity contribution is 0.0986. The molecule has 2 aliphatic carbocycles. The number of carbonyl (C=O) groups excluding carboxylic acids is 4. The Labute approximate surface area is 459 Å². The summed E-state index contributed by atoms with van der Waals surface area (Å²) >= 11 is 17.0. The van der Waals surface area contributed by atoms with Gasteiger partial charge in [-0.15, -0.1) is 0 Å². The van der Waals surface area contributed by atoms with Crippen LogP contribution in [0.15, 0.2) is 143 Å². The Bertz CT molecular complexity index is 3880. The number of rotatable bonds is 11. The molecule has 0 saturated heterocycles. The molecule has 0 atom stereocenters. The Hall–Kier alpha value is -7.69. The van der Waals surface area contributed by atoms with Crippen molar-refractivity contribution in [3.05, 3.63) is 188 Å². The largest absolute Gasteiger partial charge is 0.399 e. The highest BCUT2D eigenvalue weighted by Crippen LogP contribution is 2.40. The smallest absolute Gasteiger partial charge is 0.269 e. The number of nitrogens with two attached hydrogens (primary N) is 3. The predicted octanol–water partition coefficient (Wildman–Crippen LogP) is 8.18. The predicted molar refractivity (Wildman–Crippen MR) is 297 cm³/mol. The van der Waals surface area contributed by atoms with Crippen molar-refractivity contribution in [3.63, 3.8) is 0 Å². The Balaban J connectivity index is 0.000000177. The molecule has 2 aromatic heterocycles. The van der Waals surface area contributed by atoms with Crippen LogP contribution in [-0.4, -0.2) is 96.2 Å². The van der Waals surface area contributed by atoms with Gasteiger partial charge < -0.3 is 22.5 Å². The van der Waals surface area contributed by atoms with Gasteiger partial charge in [0.15, 0.2) is 11.4 Å². The molecule has 0 aliphatic heterocycles.